The highest BCUT2D eigenvalue weighted by molar-refractivity contribution is 5.82. The number of benzene rings is 1. The van der Waals surface area contributed by atoms with E-state index in [1.54, 1.807) is 0 Å². The molecule has 0 aliphatic carbocycles. The molecular formula is C18H20N4O2. The van der Waals surface area contributed by atoms with Gasteiger partial charge in [-0.1, -0.05) is 30.3 Å². The quantitative estimate of drug-likeness (QED) is 0.738. The minimum atomic E-state index is 0.218. The molecule has 124 valence electrons. The summed E-state index contributed by atoms with van der Waals surface area (Å²) >= 11 is 0. The van der Waals surface area contributed by atoms with Gasteiger partial charge in [0.2, 0.25) is 0 Å². The van der Waals surface area contributed by atoms with Crippen LogP contribution in [0.2, 0.25) is 0 Å². The van der Waals surface area contributed by atoms with Crippen LogP contribution in [0.1, 0.15) is 17.3 Å². The molecule has 2 aromatic heterocycles. The number of rotatable bonds is 3. The first-order chi connectivity index (χ1) is 11.7. The Hall–Kier alpha value is -2.47. The van der Waals surface area contributed by atoms with E-state index in [-0.39, 0.29) is 6.04 Å². The lowest BCUT2D eigenvalue weighted by Crippen LogP contribution is -2.47. The Bertz CT molecular complexity index is 847. The first-order valence-electron chi connectivity index (χ1n) is 8.21. The Morgan fingerprint density at radius 2 is 1.96 bits per heavy atom. The van der Waals surface area contributed by atoms with Crippen molar-refractivity contribution < 1.29 is 9.15 Å². The van der Waals surface area contributed by atoms with Crippen LogP contribution in [0.15, 0.2) is 34.7 Å². The predicted molar refractivity (Wildman–Crippen MR) is 91.2 cm³/mol. The molecule has 1 aliphatic rings. The Morgan fingerprint density at radius 1 is 1.12 bits per heavy atom. The minimum absolute atomic E-state index is 0.218. The molecule has 0 bridgehead atoms. The molecule has 6 heteroatoms. The molecule has 3 aromatic rings. The number of hydrogen-bond donors (Lipinski definition) is 0. The van der Waals surface area contributed by atoms with Crippen molar-refractivity contribution in [2.75, 3.05) is 24.7 Å². The van der Waals surface area contributed by atoms with Gasteiger partial charge >= 0.3 is 0 Å². The van der Waals surface area contributed by atoms with E-state index in [4.69, 9.17) is 9.15 Å². The second-order valence-corrected chi connectivity index (χ2v) is 6.09. The van der Waals surface area contributed by atoms with E-state index in [1.165, 1.54) is 5.56 Å². The third-order valence-electron chi connectivity index (χ3n) is 4.27. The standard InChI is InChI=1S/C18H20N4O2/c1-12-19-17(16-18(20-12)24-13(2)21-16)22-8-9-23-11-15(22)10-14-6-4-3-5-7-14/h3-7,15H,8-11H2,1-2H3. The number of morpholine rings is 1. The molecule has 4 rings (SSSR count). The highest BCUT2D eigenvalue weighted by atomic mass is 16.5. The zero-order valence-corrected chi connectivity index (χ0v) is 13.9. The van der Waals surface area contributed by atoms with Crippen molar-refractivity contribution in [3.8, 4) is 0 Å². The number of aryl methyl sites for hydroxylation is 2. The molecule has 0 spiro atoms. The number of aromatic nitrogens is 3. The summed E-state index contributed by atoms with van der Waals surface area (Å²) in [6, 6.07) is 10.7. The van der Waals surface area contributed by atoms with Gasteiger partial charge in [0.05, 0.1) is 19.3 Å². The molecule has 1 aliphatic heterocycles. The van der Waals surface area contributed by atoms with E-state index in [2.05, 4.69) is 44.1 Å². The maximum Gasteiger partial charge on any atom is 0.252 e. The van der Waals surface area contributed by atoms with Gasteiger partial charge < -0.3 is 14.1 Å². The van der Waals surface area contributed by atoms with Crippen LogP contribution in [0.3, 0.4) is 0 Å². The summed E-state index contributed by atoms with van der Waals surface area (Å²) in [6.07, 6.45) is 0.905. The third kappa shape index (κ3) is 2.85. The third-order valence-corrected chi connectivity index (χ3v) is 4.27. The van der Waals surface area contributed by atoms with Gasteiger partial charge in [-0.2, -0.15) is 4.98 Å². The van der Waals surface area contributed by atoms with Crippen molar-refractivity contribution in [2.24, 2.45) is 0 Å². The van der Waals surface area contributed by atoms with Crippen LogP contribution < -0.4 is 4.90 Å². The number of anilines is 1. The first kappa shape index (κ1) is 15.1. The molecule has 0 saturated carbocycles. The van der Waals surface area contributed by atoms with Crippen LogP contribution in [0, 0.1) is 13.8 Å². The largest absolute Gasteiger partial charge is 0.422 e. The molecule has 0 amide bonds. The minimum Gasteiger partial charge on any atom is -0.422 e. The van der Waals surface area contributed by atoms with Crippen molar-refractivity contribution in [3.63, 3.8) is 0 Å². The van der Waals surface area contributed by atoms with Crippen molar-refractivity contribution in [1.82, 2.24) is 15.0 Å². The molecule has 1 unspecified atom stereocenters. The molecule has 1 aromatic carbocycles. The average molecular weight is 324 g/mol. The van der Waals surface area contributed by atoms with Crippen LogP contribution in [0.25, 0.3) is 11.2 Å². The maximum atomic E-state index is 5.72. The topological polar surface area (TPSA) is 64.3 Å². The smallest absolute Gasteiger partial charge is 0.252 e. The van der Waals surface area contributed by atoms with Gasteiger partial charge in [0, 0.05) is 13.5 Å². The number of ether oxygens (including phenoxy) is 1. The summed E-state index contributed by atoms with van der Waals surface area (Å²) in [7, 11) is 0. The van der Waals surface area contributed by atoms with E-state index >= 15 is 0 Å². The molecule has 0 radical (unpaired) electrons. The monoisotopic (exact) mass is 324 g/mol. The van der Waals surface area contributed by atoms with E-state index in [9.17, 15) is 0 Å². The van der Waals surface area contributed by atoms with Gasteiger partial charge in [0.1, 0.15) is 5.82 Å². The lowest BCUT2D eigenvalue weighted by atomic mass is 10.0. The average Bonchev–Trinajstić information content (AvgIpc) is 2.95. The SMILES string of the molecule is Cc1nc(N2CCOCC2Cc2ccccc2)c2nc(C)oc2n1. The second kappa shape index (κ2) is 6.20. The summed E-state index contributed by atoms with van der Waals surface area (Å²) in [6.45, 7) is 5.87. The Kier molecular flexibility index (Phi) is 3.90. The van der Waals surface area contributed by atoms with Gasteiger partial charge in [0.15, 0.2) is 17.2 Å². The molecule has 1 saturated heterocycles. The second-order valence-electron chi connectivity index (χ2n) is 6.09. The van der Waals surface area contributed by atoms with E-state index in [0.717, 1.165) is 24.3 Å². The van der Waals surface area contributed by atoms with E-state index in [0.29, 0.717) is 30.6 Å². The number of nitrogens with zero attached hydrogens (tertiary/aromatic N) is 4. The zero-order valence-electron chi connectivity index (χ0n) is 13.9. The summed E-state index contributed by atoms with van der Waals surface area (Å²) < 4.78 is 11.3. The normalized spacial score (nSPS) is 18.2. The van der Waals surface area contributed by atoms with Crippen LogP contribution in [0.5, 0.6) is 0 Å². The molecule has 24 heavy (non-hydrogen) atoms. The predicted octanol–water partition coefficient (Wildman–Crippen LogP) is 2.68. The maximum absolute atomic E-state index is 5.72. The van der Waals surface area contributed by atoms with Gasteiger partial charge in [-0.15, -0.1) is 0 Å². The van der Waals surface area contributed by atoms with Crippen LogP contribution in [-0.2, 0) is 11.2 Å². The molecule has 3 heterocycles. The molecule has 1 fully saturated rings. The highest BCUT2D eigenvalue weighted by Crippen LogP contribution is 2.27. The fourth-order valence-corrected chi connectivity index (χ4v) is 3.21. The fraction of sp³-hybridized carbons (Fsp3) is 0.389. The van der Waals surface area contributed by atoms with Gasteiger partial charge in [0.25, 0.3) is 5.71 Å². The Labute approximate surface area is 140 Å². The lowest BCUT2D eigenvalue weighted by molar-refractivity contribution is 0.0938. The van der Waals surface area contributed by atoms with Crippen molar-refractivity contribution in [2.45, 2.75) is 26.3 Å². The van der Waals surface area contributed by atoms with Gasteiger partial charge in [-0.05, 0) is 18.9 Å². The Morgan fingerprint density at radius 3 is 2.79 bits per heavy atom. The van der Waals surface area contributed by atoms with Crippen LogP contribution in [0.4, 0.5) is 5.82 Å². The lowest BCUT2D eigenvalue weighted by Gasteiger charge is -2.36. The fourth-order valence-electron chi connectivity index (χ4n) is 3.21. The van der Waals surface area contributed by atoms with Gasteiger partial charge in [-0.25, -0.2) is 9.97 Å². The van der Waals surface area contributed by atoms with E-state index < -0.39 is 0 Å². The summed E-state index contributed by atoms with van der Waals surface area (Å²) in [4.78, 5) is 15.8. The van der Waals surface area contributed by atoms with Crippen LogP contribution >= 0.6 is 0 Å². The van der Waals surface area contributed by atoms with Crippen LogP contribution in [-0.4, -0.2) is 40.8 Å². The highest BCUT2D eigenvalue weighted by Gasteiger charge is 2.28. The number of oxazole rings is 1. The molecular weight excluding hydrogens is 304 g/mol. The van der Waals surface area contributed by atoms with Gasteiger partial charge in [-0.3, -0.25) is 0 Å². The van der Waals surface area contributed by atoms with Crippen molar-refractivity contribution in [3.05, 3.63) is 47.6 Å². The zero-order chi connectivity index (χ0) is 16.5. The first-order valence-corrected chi connectivity index (χ1v) is 8.21. The summed E-state index contributed by atoms with van der Waals surface area (Å²) in [5.74, 6) is 2.15. The summed E-state index contributed by atoms with van der Waals surface area (Å²) in [5.41, 5.74) is 2.58. The van der Waals surface area contributed by atoms with Crippen molar-refractivity contribution in [1.29, 1.82) is 0 Å². The molecule has 1 atom stereocenters. The molecule has 6 nitrogen and oxygen atoms in total. The molecule has 0 N–H and O–H groups in total. The Balaban J connectivity index is 1.72. The number of hydrogen-bond acceptors (Lipinski definition) is 6. The number of fused-ring (bicyclic) bond motifs is 1. The van der Waals surface area contributed by atoms with Crippen molar-refractivity contribution >= 4 is 17.0 Å². The van der Waals surface area contributed by atoms with E-state index in [1.807, 2.05) is 19.9 Å². The summed E-state index contributed by atoms with van der Waals surface area (Å²) in [5, 5.41) is 0.